The molecule has 0 unspecified atom stereocenters. The third-order valence-corrected chi connectivity index (χ3v) is 5.62. The minimum atomic E-state index is -0.700. The molecular weight excluding hydrogens is 456 g/mol. The number of pyridine rings is 2. The highest BCUT2D eigenvalue weighted by molar-refractivity contribution is 5.70. The Balaban J connectivity index is 1.84. The fraction of sp³-hybridized carbons (Fsp3) is 0.522. The van der Waals surface area contributed by atoms with Crippen LogP contribution in [-0.4, -0.2) is 65.2 Å². The minimum Gasteiger partial charge on any atom is -0.487 e. The number of hydrogen-bond acceptors (Lipinski definition) is 11. The molecule has 0 aliphatic heterocycles. The van der Waals surface area contributed by atoms with Gasteiger partial charge in [0, 0.05) is 19.3 Å². The van der Waals surface area contributed by atoms with Crippen molar-refractivity contribution in [3.63, 3.8) is 0 Å². The van der Waals surface area contributed by atoms with Gasteiger partial charge in [0.2, 0.25) is 5.82 Å². The first-order valence-electron chi connectivity index (χ1n) is 11.3. The Morgan fingerprint density at radius 3 is 2.63 bits per heavy atom. The summed E-state index contributed by atoms with van der Waals surface area (Å²) in [6.07, 6.45) is 4.04. The second-order valence-corrected chi connectivity index (χ2v) is 8.50. The van der Waals surface area contributed by atoms with Crippen LogP contribution in [0.4, 0.5) is 23.1 Å². The van der Waals surface area contributed by atoms with Crippen molar-refractivity contribution in [2.75, 3.05) is 44.2 Å². The van der Waals surface area contributed by atoms with E-state index in [9.17, 15) is 15.2 Å². The molecule has 0 bridgehead atoms. The van der Waals surface area contributed by atoms with E-state index in [1.807, 2.05) is 13.0 Å². The fourth-order valence-corrected chi connectivity index (χ4v) is 3.62. The first kappa shape index (κ1) is 26.1. The molecule has 0 spiro atoms. The number of aromatic nitrogens is 2. The molecule has 3 rings (SSSR count). The van der Waals surface area contributed by atoms with E-state index in [1.54, 1.807) is 19.2 Å². The molecule has 35 heavy (non-hydrogen) atoms. The van der Waals surface area contributed by atoms with Crippen LogP contribution in [0.1, 0.15) is 38.2 Å². The Morgan fingerprint density at radius 2 is 2.00 bits per heavy atom. The van der Waals surface area contributed by atoms with Gasteiger partial charge in [0.15, 0.2) is 11.6 Å². The number of rotatable bonds is 12. The van der Waals surface area contributed by atoms with Gasteiger partial charge in [0.25, 0.3) is 0 Å². The minimum absolute atomic E-state index is 0.0128. The Hall–Kier alpha value is -3.53. The van der Waals surface area contributed by atoms with Crippen molar-refractivity contribution in [1.82, 2.24) is 9.97 Å². The zero-order valence-corrected chi connectivity index (χ0v) is 19.8. The van der Waals surface area contributed by atoms with Gasteiger partial charge in [-0.05, 0) is 44.7 Å². The lowest BCUT2D eigenvalue weighted by molar-refractivity contribution is -0.384. The lowest BCUT2D eigenvalue weighted by Gasteiger charge is -2.33. The molecule has 1 aliphatic carbocycles. The average molecular weight is 487 g/mol. The topological polar surface area (TPSA) is 165 Å². The summed E-state index contributed by atoms with van der Waals surface area (Å²) in [4.78, 5) is 19.8. The largest absolute Gasteiger partial charge is 0.487 e. The second kappa shape index (κ2) is 12.3. The van der Waals surface area contributed by atoms with Crippen LogP contribution >= 0.6 is 0 Å². The van der Waals surface area contributed by atoms with Gasteiger partial charge < -0.3 is 30.0 Å². The summed E-state index contributed by atoms with van der Waals surface area (Å²) in [6.45, 7) is 3.12. The predicted molar refractivity (Wildman–Crippen MR) is 128 cm³/mol. The number of nitro groups is 1. The van der Waals surface area contributed by atoms with Gasteiger partial charge >= 0.3 is 5.69 Å². The van der Waals surface area contributed by atoms with Gasteiger partial charge in [-0.15, -0.1) is 0 Å². The summed E-state index contributed by atoms with van der Waals surface area (Å²) >= 11 is 0. The van der Waals surface area contributed by atoms with Crippen LogP contribution in [-0.2, 0) is 9.47 Å². The summed E-state index contributed by atoms with van der Waals surface area (Å²) in [5, 5.41) is 37.2. The van der Waals surface area contributed by atoms with Crippen LogP contribution in [0.15, 0.2) is 24.4 Å². The number of nitrogens with one attached hydrogen (secondary N) is 2. The van der Waals surface area contributed by atoms with E-state index in [1.165, 1.54) is 12.3 Å². The van der Waals surface area contributed by atoms with Gasteiger partial charge in [-0.25, -0.2) is 9.97 Å². The molecule has 3 N–H and O–H groups in total. The zero-order chi connectivity index (χ0) is 25.3. The van der Waals surface area contributed by atoms with Crippen molar-refractivity contribution in [2.45, 2.75) is 44.2 Å². The van der Waals surface area contributed by atoms with Crippen molar-refractivity contribution in [1.29, 1.82) is 5.26 Å². The van der Waals surface area contributed by atoms with Crippen LogP contribution in [0.2, 0.25) is 0 Å². The SMILES string of the molecule is COCCOCCOc1cc([N+](=O)[O-])c(Nc2ccc(C#N)cn2)nc1NC1CCC(C)(O)CC1. The van der Waals surface area contributed by atoms with Crippen molar-refractivity contribution in [3.8, 4) is 11.8 Å². The maximum Gasteiger partial charge on any atom is 0.315 e. The van der Waals surface area contributed by atoms with Gasteiger partial charge in [0.05, 0.1) is 42.0 Å². The Labute approximate surface area is 203 Å². The fourth-order valence-electron chi connectivity index (χ4n) is 3.62. The summed E-state index contributed by atoms with van der Waals surface area (Å²) in [7, 11) is 1.58. The van der Waals surface area contributed by atoms with Crippen LogP contribution in [0.3, 0.4) is 0 Å². The molecule has 0 amide bonds. The molecule has 0 radical (unpaired) electrons. The molecule has 0 atom stereocenters. The molecule has 2 heterocycles. The molecule has 1 aliphatic rings. The van der Waals surface area contributed by atoms with Crippen molar-refractivity contribution in [3.05, 3.63) is 40.1 Å². The first-order valence-corrected chi connectivity index (χ1v) is 11.3. The number of anilines is 3. The molecular formula is C23H30N6O6. The predicted octanol–water partition coefficient (Wildman–Crippen LogP) is 3.15. The van der Waals surface area contributed by atoms with Crippen LogP contribution in [0.5, 0.6) is 5.75 Å². The number of aliphatic hydroxyl groups is 1. The third kappa shape index (κ3) is 7.74. The van der Waals surface area contributed by atoms with E-state index in [4.69, 9.17) is 19.5 Å². The highest BCUT2D eigenvalue weighted by Crippen LogP contribution is 2.37. The monoisotopic (exact) mass is 486 g/mol. The number of methoxy groups -OCH3 is 1. The van der Waals surface area contributed by atoms with Crippen LogP contribution in [0.25, 0.3) is 0 Å². The van der Waals surface area contributed by atoms with E-state index in [2.05, 4.69) is 20.6 Å². The molecule has 12 nitrogen and oxygen atoms in total. The molecule has 188 valence electrons. The molecule has 0 saturated heterocycles. The number of nitrogens with zero attached hydrogens (tertiary/aromatic N) is 4. The Morgan fingerprint density at radius 1 is 1.26 bits per heavy atom. The number of ether oxygens (including phenoxy) is 3. The lowest BCUT2D eigenvalue weighted by Crippen LogP contribution is -2.36. The maximum atomic E-state index is 11.8. The zero-order valence-electron chi connectivity index (χ0n) is 19.8. The van der Waals surface area contributed by atoms with Crippen molar-refractivity contribution < 1.29 is 24.2 Å². The van der Waals surface area contributed by atoms with Crippen LogP contribution < -0.4 is 15.4 Å². The van der Waals surface area contributed by atoms with Crippen molar-refractivity contribution >= 4 is 23.1 Å². The average Bonchev–Trinajstić information content (AvgIpc) is 2.84. The van der Waals surface area contributed by atoms with Gasteiger partial charge in [0.1, 0.15) is 18.5 Å². The molecule has 2 aromatic heterocycles. The highest BCUT2D eigenvalue weighted by Gasteiger charge is 2.30. The summed E-state index contributed by atoms with van der Waals surface area (Å²) in [5.41, 5.74) is -0.623. The van der Waals surface area contributed by atoms with Gasteiger partial charge in [-0.3, -0.25) is 10.1 Å². The number of hydrogen-bond donors (Lipinski definition) is 3. The number of nitriles is 1. The van der Waals surface area contributed by atoms with E-state index in [0.717, 1.165) is 0 Å². The summed E-state index contributed by atoms with van der Waals surface area (Å²) < 4.78 is 16.1. The lowest BCUT2D eigenvalue weighted by atomic mass is 9.84. The molecule has 12 heteroatoms. The standard InChI is InChI=1S/C23H30N6O6/c1-23(30)7-5-17(6-8-23)26-22-19(35-12-11-34-10-9-33-2)13-18(29(31)32)21(28-22)27-20-4-3-16(14-24)15-25-20/h3-4,13,15,17,30H,5-12H2,1-2H3,(H2,25,26,27,28). The quantitative estimate of drug-likeness (QED) is 0.229. The molecule has 1 saturated carbocycles. The van der Waals surface area contributed by atoms with E-state index in [0.29, 0.717) is 56.1 Å². The maximum absolute atomic E-state index is 11.8. The first-order chi connectivity index (χ1) is 16.8. The van der Waals surface area contributed by atoms with Crippen LogP contribution in [0, 0.1) is 21.4 Å². The Bertz CT molecular complexity index is 1030. The summed E-state index contributed by atoms with van der Waals surface area (Å²) in [5.74, 6) is 0.860. The summed E-state index contributed by atoms with van der Waals surface area (Å²) in [6, 6.07) is 6.40. The second-order valence-electron chi connectivity index (χ2n) is 8.50. The molecule has 1 fully saturated rings. The van der Waals surface area contributed by atoms with Gasteiger partial charge in [-0.2, -0.15) is 5.26 Å². The Kier molecular flexibility index (Phi) is 9.13. The third-order valence-electron chi connectivity index (χ3n) is 5.62. The van der Waals surface area contributed by atoms with Gasteiger partial charge in [-0.1, -0.05) is 0 Å². The smallest absolute Gasteiger partial charge is 0.315 e. The van der Waals surface area contributed by atoms with Crippen molar-refractivity contribution in [2.24, 2.45) is 0 Å². The van der Waals surface area contributed by atoms with E-state index < -0.39 is 10.5 Å². The van der Waals surface area contributed by atoms with E-state index >= 15 is 0 Å². The van der Waals surface area contributed by atoms with E-state index in [-0.39, 0.29) is 36.5 Å². The molecule has 0 aromatic carbocycles. The normalized spacial score (nSPS) is 19.5. The highest BCUT2D eigenvalue weighted by atomic mass is 16.6. The molecule has 2 aromatic rings.